The molecule has 6 heteroatoms. The van der Waals surface area contributed by atoms with Gasteiger partial charge in [0.05, 0.1) is 12.2 Å². The van der Waals surface area contributed by atoms with Crippen molar-refractivity contribution >= 4 is 34.3 Å². The Bertz CT molecular complexity index is 1080. The van der Waals surface area contributed by atoms with Gasteiger partial charge in [-0.2, -0.15) is 5.26 Å². The van der Waals surface area contributed by atoms with E-state index in [-0.39, 0.29) is 17.7 Å². The number of carbonyl (C=O) groups excluding carboxylic acids is 2. The topological polar surface area (TPSA) is 79.2 Å². The van der Waals surface area contributed by atoms with Crippen molar-refractivity contribution in [2.75, 3.05) is 11.9 Å². The second-order valence-corrected chi connectivity index (χ2v) is 7.03. The first-order valence-electron chi connectivity index (χ1n) is 8.97. The minimum atomic E-state index is -0.580. The van der Waals surface area contributed by atoms with Crippen LogP contribution in [0.3, 0.4) is 0 Å². The van der Waals surface area contributed by atoms with Crippen molar-refractivity contribution in [2.24, 2.45) is 0 Å². The van der Waals surface area contributed by atoms with Crippen molar-refractivity contribution in [2.45, 2.75) is 6.92 Å². The van der Waals surface area contributed by atoms with Gasteiger partial charge in [0.15, 0.2) is 0 Å². The average molecular weight is 402 g/mol. The number of rotatable bonds is 6. The lowest BCUT2D eigenvalue weighted by Crippen LogP contribution is -2.15. The largest absolute Gasteiger partial charge is 0.462 e. The van der Waals surface area contributed by atoms with Crippen molar-refractivity contribution in [3.8, 4) is 16.5 Å². The Labute approximate surface area is 172 Å². The molecule has 144 valence electrons. The SMILES string of the molecule is CCOC(=O)c1cc(-c2ccccc2)sc1NC(=O)C(C#N)=Cc1ccccc1. The molecule has 0 unspecified atom stereocenters. The summed E-state index contributed by atoms with van der Waals surface area (Å²) in [7, 11) is 0. The zero-order chi connectivity index (χ0) is 20.6. The molecule has 3 aromatic rings. The van der Waals surface area contributed by atoms with E-state index in [1.54, 1.807) is 25.1 Å². The summed E-state index contributed by atoms with van der Waals surface area (Å²) in [5, 5.41) is 12.5. The van der Waals surface area contributed by atoms with Crippen LogP contribution < -0.4 is 5.32 Å². The minimum Gasteiger partial charge on any atom is -0.462 e. The van der Waals surface area contributed by atoms with E-state index in [1.165, 1.54) is 17.4 Å². The van der Waals surface area contributed by atoms with Gasteiger partial charge in [0, 0.05) is 4.88 Å². The Morgan fingerprint density at radius 2 is 1.76 bits per heavy atom. The van der Waals surface area contributed by atoms with Crippen LogP contribution in [0.25, 0.3) is 16.5 Å². The van der Waals surface area contributed by atoms with E-state index in [2.05, 4.69) is 5.32 Å². The van der Waals surface area contributed by atoms with E-state index >= 15 is 0 Å². The summed E-state index contributed by atoms with van der Waals surface area (Å²) in [6.07, 6.45) is 1.51. The molecule has 0 aliphatic rings. The second-order valence-electron chi connectivity index (χ2n) is 5.97. The van der Waals surface area contributed by atoms with Gasteiger partial charge in [-0.05, 0) is 30.2 Å². The van der Waals surface area contributed by atoms with E-state index in [0.29, 0.717) is 5.00 Å². The van der Waals surface area contributed by atoms with Gasteiger partial charge in [0.1, 0.15) is 16.6 Å². The highest BCUT2D eigenvalue weighted by molar-refractivity contribution is 7.20. The highest BCUT2D eigenvalue weighted by atomic mass is 32.1. The van der Waals surface area contributed by atoms with Gasteiger partial charge in [-0.25, -0.2) is 4.79 Å². The maximum Gasteiger partial charge on any atom is 0.341 e. The minimum absolute atomic E-state index is 0.0549. The number of anilines is 1. The molecular formula is C23H18N2O3S. The third-order valence-corrected chi connectivity index (χ3v) is 5.09. The zero-order valence-electron chi connectivity index (χ0n) is 15.7. The molecule has 1 amide bonds. The first-order chi connectivity index (χ1) is 14.1. The number of carbonyl (C=O) groups is 2. The van der Waals surface area contributed by atoms with E-state index in [0.717, 1.165) is 16.0 Å². The molecule has 0 aliphatic carbocycles. The van der Waals surface area contributed by atoms with Gasteiger partial charge in [-0.1, -0.05) is 60.7 Å². The van der Waals surface area contributed by atoms with Crippen LogP contribution in [0.5, 0.6) is 0 Å². The lowest BCUT2D eigenvalue weighted by Gasteiger charge is -2.05. The summed E-state index contributed by atoms with van der Waals surface area (Å²) in [4.78, 5) is 25.9. The van der Waals surface area contributed by atoms with Crippen molar-refractivity contribution in [1.29, 1.82) is 5.26 Å². The third kappa shape index (κ3) is 4.98. The Balaban J connectivity index is 1.93. The zero-order valence-corrected chi connectivity index (χ0v) is 16.5. The lowest BCUT2D eigenvalue weighted by atomic mass is 10.1. The van der Waals surface area contributed by atoms with Crippen LogP contribution in [-0.2, 0) is 9.53 Å². The molecule has 1 heterocycles. The summed E-state index contributed by atoms with van der Waals surface area (Å²) in [5.74, 6) is -1.10. The molecule has 3 rings (SSSR count). The molecule has 5 nitrogen and oxygen atoms in total. The number of nitriles is 1. The average Bonchev–Trinajstić information content (AvgIpc) is 3.17. The van der Waals surface area contributed by atoms with Crippen LogP contribution in [0.1, 0.15) is 22.8 Å². The van der Waals surface area contributed by atoms with Gasteiger partial charge in [-0.3, -0.25) is 4.79 Å². The van der Waals surface area contributed by atoms with Gasteiger partial charge in [0.2, 0.25) is 0 Å². The Morgan fingerprint density at radius 1 is 1.10 bits per heavy atom. The van der Waals surface area contributed by atoms with Crippen molar-refractivity contribution in [3.63, 3.8) is 0 Å². The molecule has 0 aliphatic heterocycles. The standard InChI is InChI=1S/C23H18N2O3S/c1-2-28-23(27)19-14-20(17-11-7-4-8-12-17)29-22(19)25-21(26)18(15-24)13-16-9-5-3-6-10-16/h3-14H,2H2,1H3,(H,25,26). The Hall–Kier alpha value is -3.69. The van der Waals surface area contributed by atoms with Crippen LogP contribution in [0.2, 0.25) is 0 Å². The maximum absolute atomic E-state index is 12.7. The number of nitrogens with zero attached hydrogens (tertiary/aromatic N) is 1. The molecular weight excluding hydrogens is 384 g/mol. The number of esters is 1. The molecule has 1 N–H and O–H groups in total. The Kier molecular flexibility index (Phi) is 6.56. The molecule has 0 fully saturated rings. The predicted octanol–water partition coefficient (Wildman–Crippen LogP) is 5.14. The fourth-order valence-corrected chi connectivity index (χ4v) is 3.67. The Morgan fingerprint density at radius 3 is 2.38 bits per heavy atom. The number of hydrogen-bond acceptors (Lipinski definition) is 5. The molecule has 0 bridgehead atoms. The maximum atomic E-state index is 12.7. The van der Waals surface area contributed by atoms with E-state index in [4.69, 9.17) is 4.74 Å². The van der Waals surface area contributed by atoms with E-state index in [9.17, 15) is 14.9 Å². The van der Waals surface area contributed by atoms with Gasteiger partial charge in [-0.15, -0.1) is 11.3 Å². The summed E-state index contributed by atoms with van der Waals surface area (Å²) in [6.45, 7) is 1.94. The number of amides is 1. The number of thiophene rings is 1. The fourth-order valence-electron chi connectivity index (χ4n) is 2.62. The third-order valence-electron chi connectivity index (χ3n) is 3.99. The van der Waals surface area contributed by atoms with Crippen molar-refractivity contribution < 1.29 is 14.3 Å². The van der Waals surface area contributed by atoms with E-state index < -0.39 is 11.9 Å². The van der Waals surface area contributed by atoms with Gasteiger partial charge >= 0.3 is 5.97 Å². The van der Waals surface area contributed by atoms with Crippen LogP contribution >= 0.6 is 11.3 Å². The predicted molar refractivity (Wildman–Crippen MR) is 114 cm³/mol. The number of nitrogens with one attached hydrogen (secondary N) is 1. The molecule has 0 saturated carbocycles. The molecule has 29 heavy (non-hydrogen) atoms. The van der Waals surface area contributed by atoms with Crippen molar-refractivity contribution in [1.82, 2.24) is 0 Å². The highest BCUT2D eigenvalue weighted by Crippen LogP contribution is 2.36. The second kappa shape index (κ2) is 9.49. The number of ether oxygens (including phenoxy) is 1. The first kappa shape index (κ1) is 20.1. The number of benzene rings is 2. The summed E-state index contributed by atoms with van der Waals surface area (Å²) < 4.78 is 5.12. The van der Waals surface area contributed by atoms with E-state index in [1.807, 2.05) is 54.6 Å². The molecule has 0 atom stereocenters. The molecule has 2 aromatic carbocycles. The summed E-state index contributed by atoms with van der Waals surface area (Å²) >= 11 is 1.26. The van der Waals surface area contributed by atoms with Crippen molar-refractivity contribution in [3.05, 3.63) is 83.4 Å². The van der Waals surface area contributed by atoms with Crippen LogP contribution in [-0.4, -0.2) is 18.5 Å². The fraction of sp³-hybridized carbons (Fsp3) is 0.0870. The van der Waals surface area contributed by atoms with Crippen LogP contribution in [0, 0.1) is 11.3 Å². The smallest absolute Gasteiger partial charge is 0.341 e. The van der Waals surface area contributed by atoms with Crippen LogP contribution in [0.4, 0.5) is 5.00 Å². The monoisotopic (exact) mass is 402 g/mol. The quantitative estimate of drug-likeness (QED) is 0.352. The first-order valence-corrected chi connectivity index (χ1v) is 9.78. The molecule has 1 aromatic heterocycles. The molecule has 0 spiro atoms. The van der Waals surface area contributed by atoms with Crippen LogP contribution in [0.15, 0.2) is 72.3 Å². The van der Waals surface area contributed by atoms with Gasteiger partial charge in [0.25, 0.3) is 5.91 Å². The normalized spacial score (nSPS) is 10.8. The number of hydrogen-bond donors (Lipinski definition) is 1. The van der Waals surface area contributed by atoms with Gasteiger partial charge < -0.3 is 10.1 Å². The summed E-state index contributed by atoms with van der Waals surface area (Å²) in [6, 6.07) is 22.2. The molecule has 0 saturated heterocycles. The molecule has 0 radical (unpaired) electrons. The summed E-state index contributed by atoms with van der Waals surface area (Å²) in [5.41, 5.74) is 1.87. The lowest BCUT2D eigenvalue weighted by molar-refractivity contribution is -0.112. The highest BCUT2D eigenvalue weighted by Gasteiger charge is 2.21.